The lowest BCUT2D eigenvalue weighted by Crippen LogP contribution is -2.17. The molecule has 30 heavy (non-hydrogen) atoms. The molecule has 0 aliphatic heterocycles. The molecule has 10 nitrogen and oxygen atoms in total. The molecule has 0 saturated carbocycles. The summed E-state index contributed by atoms with van der Waals surface area (Å²) in [7, 11) is 0. The van der Waals surface area contributed by atoms with Crippen LogP contribution in [0.4, 0.5) is 0 Å². The standard InChI is InChI=1S/C20H26N8O2/c21-17(22)11-3-5-15(13(9-11)19(25)26)29-7-1-2-8-30-16-6-4-12(18(23)24)10-14(16)20(27)28/h3-6,9-10H,1-2,7-8H2,(H3,21,22)(H3,23,24)(H3,25,26)(H3,27,28). The van der Waals surface area contributed by atoms with E-state index in [2.05, 4.69) is 0 Å². The molecule has 0 atom stereocenters. The first-order valence-electron chi connectivity index (χ1n) is 9.12. The van der Waals surface area contributed by atoms with Crippen LogP contribution in [0.5, 0.6) is 11.5 Å². The number of unbranched alkanes of at least 4 members (excludes halogenated alkanes) is 1. The van der Waals surface area contributed by atoms with Crippen LogP contribution >= 0.6 is 0 Å². The summed E-state index contributed by atoms with van der Waals surface area (Å²) in [5.41, 5.74) is 23.8. The minimum atomic E-state index is -0.165. The van der Waals surface area contributed by atoms with E-state index < -0.39 is 0 Å². The molecule has 0 spiro atoms. The largest absolute Gasteiger partial charge is 0.493 e. The maximum absolute atomic E-state index is 7.67. The molecule has 2 aromatic rings. The fraction of sp³-hybridized carbons (Fsp3) is 0.200. The van der Waals surface area contributed by atoms with Crippen LogP contribution in [0, 0.1) is 21.6 Å². The first-order chi connectivity index (χ1) is 14.2. The Balaban J connectivity index is 1.88. The highest BCUT2D eigenvalue weighted by Gasteiger charge is 2.11. The van der Waals surface area contributed by atoms with Crippen molar-refractivity contribution in [3.8, 4) is 11.5 Å². The number of nitrogens with two attached hydrogens (primary N) is 4. The second-order valence-electron chi connectivity index (χ2n) is 6.48. The molecular weight excluding hydrogens is 384 g/mol. The fourth-order valence-corrected chi connectivity index (χ4v) is 2.64. The molecule has 12 N–H and O–H groups in total. The van der Waals surface area contributed by atoms with Crippen LogP contribution in [0.2, 0.25) is 0 Å². The Kier molecular flexibility index (Phi) is 7.34. The highest BCUT2D eigenvalue weighted by Crippen LogP contribution is 2.21. The number of rotatable bonds is 11. The van der Waals surface area contributed by atoms with E-state index in [0.29, 0.717) is 59.8 Å². The van der Waals surface area contributed by atoms with Gasteiger partial charge in [0.2, 0.25) is 0 Å². The Bertz CT molecular complexity index is 907. The average molecular weight is 410 g/mol. The third kappa shape index (κ3) is 5.71. The lowest BCUT2D eigenvalue weighted by atomic mass is 10.1. The molecule has 0 unspecified atom stereocenters. The van der Waals surface area contributed by atoms with Gasteiger partial charge < -0.3 is 32.4 Å². The van der Waals surface area contributed by atoms with Crippen LogP contribution in [0.15, 0.2) is 36.4 Å². The molecule has 2 rings (SSSR count). The molecule has 0 fully saturated rings. The number of amidine groups is 4. The van der Waals surface area contributed by atoms with Gasteiger partial charge in [-0.25, -0.2) is 0 Å². The van der Waals surface area contributed by atoms with Crippen LogP contribution < -0.4 is 32.4 Å². The average Bonchev–Trinajstić information content (AvgIpc) is 2.70. The molecule has 0 aliphatic carbocycles. The number of nitrogen functional groups attached to an aromatic ring is 4. The highest BCUT2D eigenvalue weighted by atomic mass is 16.5. The molecular formula is C20H26N8O2. The van der Waals surface area contributed by atoms with E-state index in [1.807, 2.05) is 0 Å². The SMILES string of the molecule is N=C(N)c1ccc(OCCCCOc2ccc(C(=N)N)cc2C(=N)N)c(C(=N)N)c1. The normalized spacial score (nSPS) is 10.3. The summed E-state index contributed by atoms with van der Waals surface area (Å²) >= 11 is 0. The van der Waals surface area contributed by atoms with Crippen LogP contribution in [0.3, 0.4) is 0 Å². The number of hydrogen-bond acceptors (Lipinski definition) is 6. The molecule has 0 bridgehead atoms. The molecule has 0 saturated heterocycles. The van der Waals surface area contributed by atoms with Crippen molar-refractivity contribution in [2.24, 2.45) is 22.9 Å². The summed E-state index contributed by atoms with van der Waals surface area (Å²) in [6.07, 6.45) is 1.35. The van der Waals surface area contributed by atoms with Gasteiger partial charge in [0.15, 0.2) is 0 Å². The third-order valence-electron chi connectivity index (χ3n) is 4.22. The van der Waals surface area contributed by atoms with Crippen LogP contribution in [-0.4, -0.2) is 36.6 Å². The molecule has 0 aliphatic rings. The van der Waals surface area contributed by atoms with Crippen LogP contribution in [-0.2, 0) is 0 Å². The Labute approximate surface area is 174 Å². The van der Waals surface area contributed by atoms with E-state index in [-0.39, 0.29) is 23.3 Å². The van der Waals surface area contributed by atoms with Crippen molar-refractivity contribution in [3.63, 3.8) is 0 Å². The number of nitrogens with one attached hydrogen (secondary N) is 4. The Morgan fingerprint density at radius 3 is 1.27 bits per heavy atom. The van der Waals surface area contributed by atoms with Gasteiger partial charge in [0.1, 0.15) is 34.8 Å². The molecule has 2 aromatic carbocycles. The van der Waals surface area contributed by atoms with Crippen molar-refractivity contribution in [1.82, 2.24) is 0 Å². The van der Waals surface area contributed by atoms with Gasteiger partial charge in [-0.3, -0.25) is 21.6 Å². The maximum atomic E-state index is 7.67. The summed E-state index contributed by atoms with van der Waals surface area (Å²) < 4.78 is 11.4. The number of benzene rings is 2. The summed E-state index contributed by atoms with van der Waals surface area (Å²) in [4.78, 5) is 0. The van der Waals surface area contributed by atoms with Crippen LogP contribution in [0.25, 0.3) is 0 Å². The Hall–Kier alpha value is -4.08. The predicted octanol–water partition coefficient (Wildman–Crippen LogP) is 1.06. The van der Waals surface area contributed by atoms with E-state index >= 15 is 0 Å². The van der Waals surface area contributed by atoms with Crippen molar-refractivity contribution in [2.45, 2.75) is 12.8 Å². The molecule has 0 amide bonds. The molecule has 10 heteroatoms. The molecule has 0 radical (unpaired) electrons. The lowest BCUT2D eigenvalue weighted by molar-refractivity contribution is 0.266. The van der Waals surface area contributed by atoms with Crippen molar-refractivity contribution in [2.75, 3.05) is 13.2 Å². The third-order valence-corrected chi connectivity index (χ3v) is 4.22. The second kappa shape index (κ2) is 9.92. The second-order valence-corrected chi connectivity index (χ2v) is 6.48. The van der Waals surface area contributed by atoms with Gasteiger partial charge in [0.25, 0.3) is 0 Å². The summed E-state index contributed by atoms with van der Waals surface area (Å²) in [5.74, 6) is 0.355. The Morgan fingerprint density at radius 2 is 0.967 bits per heavy atom. The van der Waals surface area contributed by atoms with Gasteiger partial charge in [-0.2, -0.15) is 0 Å². The monoisotopic (exact) mass is 410 g/mol. The predicted molar refractivity (Wildman–Crippen MR) is 117 cm³/mol. The molecule has 158 valence electrons. The van der Waals surface area contributed by atoms with Gasteiger partial charge in [-0.05, 0) is 49.2 Å². The van der Waals surface area contributed by atoms with Gasteiger partial charge in [0.05, 0.1) is 24.3 Å². The van der Waals surface area contributed by atoms with Crippen LogP contribution in [0.1, 0.15) is 35.1 Å². The number of hydrogen-bond donors (Lipinski definition) is 8. The van der Waals surface area contributed by atoms with Gasteiger partial charge >= 0.3 is 0 Å². The minimum absolute atomic E-state index is 0.109. The van der Waals surface area contributed by atoms with E-state index in [1.54, 1.807) is 36.4 Å². The van der Waals surface area contributed by atoms with Crippen molar-refractivity contribution in [3.05, 3.63) is 58.7 Å². The summed E-state index contributed by atoms with van der Waals surface area (Å²) in [6.45, 7) is 0.762. The maximum Gasteiger partial charge on any atom is 0.130 e. The number of ether oxygens (including phenoxy) is 2. The lowest BCUT2D eigenvalue weighted by Gasteiger charge is -2.13. The fourth-order valence-electron chi connectivity index (χ4n) is 2.64. The zero-order valence-corrected chi connectivity index (χ0v) is 16.4. The van der Waals surface area contributed by atoms with Gasteiger partial charge in [-0.15, -0.1) is 0 Å². The van der Waals surface area contributed by atoms with E-state index in [0.717, 1.165) is 0 Å². The summed E-state index contributed by atoms with van der Waals surface area (Å²) in [6, 6.07) is 9.66. The van der Waals surface area contributed by atoms with Gasteiger partial charge in [-0.1, -0.05) is 0 Å². The minimum Gasteiger partial charge on any atom is -0.493 e. The van der Waals surface area contributed by atoms with Crippen molar-refractivity contribution in [1.29, 1.82) is 21.6 Å². The zero-order valence-electron chi connectivity index (χ0n) is 16.4. The van der Waals surface area contributed by atoms with E-state index in [1.165, 1.54) is 0 Å². The van der Waals surface area contributed by atoms with E-state index in [9.17, 15) is 0 Å². The molecule has 0 heterocycles. The highest BCUT2D eigenvalue weighted by molar-refractivity contribution is 6.03. The Morgan fingerprint density at radius 1 is 0.600 bits per heavy atom. The van der Waals surface area contributed by atoms with E-state index in [4.69, 9.17) is 54.0 Å². The van der Waals surface area contributed by atoms with Crippen molar-refractivity contribution >= 4 is 23.3 Å². The van der Waals surface area contributed by atoms with Gasteiger partial charge in [0, 0.05) is 11.1 Å². The summed E-state index contributed by atoms with van der Waals surface area (Å²) in [5, 5.41) is 30.3. The zero-order chi connectivity index (χ0) is 22.3. The van der Waals surface area contributed by atoms with Crippen molar-refractivity contribution < 1.29 is 9.47 Å². The first kappa shape index (κ1) is 22.2. The quantitative estimate of drug-likeness (QED) is 0.154. The topological polar surface area (TPSA) is 218 Å². The first-order valence-corrected chi connectivity index (χ1v) is 9.12. The molecule has 0 aromatic heterocycles. The smallest absolute Gasteiger partial charge is 0.130 e.